The van der Waals surface area contributed by atoms with Crippen LogP contribution in [0.15, 0.2) is 17.7 Å². The Morgan fingerprint density at radius 3 is 3.29 bits per heavy atom. The lowest BCUT2D eigenvalue weighted by Crippen LogP contribution is -2.03. The largest absolute Gasteiger partial charge is 0.316 e. The highest BCUT2D eigenvalue weighted by Gasteiger charge is 2.05. The van der Waals surface area contributed by atoms with E-state index in [4.69, 9.17) is 0 Å². The van der Waals surface area contributed by atoms with Crippen molar-refractivity contribution in [1.29, 1.82) is 0 Å². The first-order valence-electron chi connectivity index (χ1n) is 4.56. The topological polar surface area (TPSA) is 29.3 Å². The molecule has 2 aromatic heterocycles. The molecule has 2 aromatic rings. The second kappa shape index (κ2) is 3.94. The first kappa shape index (κ1) is 9.43. The normalized spacial score (nSPS) is 11.9. The number of hydrogen-bond donors (Lipinski definition) is 1. The second-order valence-corrected chi connectivity index (χ2v) is 3.97. The maximum Gasteiger partial charge on any atom is 0.194 e. The molecule has 0 aliphatic rings. The van der Waals surface area contributed by atoms with Gasteiger partial charge in [-0.15, -0.1) is 11.3 Å². The molecule has 1 N–H and O–H groups in total. The number of likely N-dealkylation sites (N-methyl/N-ethyl adjacent to an activating group) is 1. The van der Waals surface area contributed by atoms with Crippen molar-refractivity contribution >= 4 is 22.4 Å². The van der Waals surface area contributed by atoms with E-state index in [9.17, 15) is 0 Å². The van der Waals surface area contributed by atoms with Crippen molar-refractivity contribution in [1.82, 2.24) is 14.7 Å². The summed E-state index contributed by atoms with van der Waals surface area (Å²) in [5, 5.41) is 5.13. The van der Waals surface area contributed by atoms with Gasteiger partial charge >= 0.3 is 0 Å². The number of hydrogen-bond acceptors (Lipinski definition) is 3. The molecule has 0 spiro atoms. The molecule has 3 nitrogen and oxygen atoms in total. The zero-order valence-electron chi connectivity index (χ0n) is 8.32. The zero-order valence-corrected chi connectivity index (χ0v) is 9.14. The molecule has 0 unspecified atom stereocenters. The summed E-state index contributed by atoms with van der Waals surface area (Å²) >= 11 is 1.66. The van der Waals surface area contributed by atoms with E-state index in [0.717, 1.165) is 17.2 Å². The number of nitrogens with zero attached hydrogens (tertiary/aromatic N) is 2. The van der Waals surface area contributed by atoms with Crippen LogP contribution in [0.25, 0.3) is 11.0 Å². The Kier molecular flexibility index (Phi) is 2.65. The van der Waals surface area contributed by atoms with E-state index < -0.39 is 0 Å². The predicted octanol–water partition coefficient (Wildman–Crippen LogP) is 1.94. The van der Waals surface area contributed by atoms with Crippen LogP contribution in [0.3, 0.4) is 0 Å². The van der Waals surface area contributed by atoms with Gasteiger partial charge in [-0.1, -0.05) is 6.08 Å². The molecule has 0 radical (unpaired) electrons. The van der Waals surface area contributed by atoms with Gasteiger partial charge in [-0.05, 0) is 20.0 Å². The monoisotopic (exact) mass is 207 g/mol. The molecule has 4 heteroatoms. The third-order valence-electron chi connectivity index (χ3n) is 2.08. The first-order valence-corrected chi connectivity index (χ1v) is 5.44. The van der Waals surface area contributed by atoms with Gasteiger partial charge in [-0.2, -0.15) is 0 Å². The van der Waals surface area contributed by atoms with E-state index in [1.54, 1.807) is 11.3 Å². The fourth-order valence-corrected chi connectivity index (χ4v) is 2.17. The van der Waals surface area contributed by atoms with Gasteiger partial charge in [0.25, 0.3) is 0 Å². The van der Waals surface area contributed by atoms with Crippen LogP contribution >= 0.6 is 11.3 Å². The minimum atomic E-state index is 0.886. The lowest BCUT2D eigenvalue weighted by molar-refractivity contribution is 0.922. The van der Waals surface area contributed by atoms with E-state index in [0.29, 0.717) is 0 Å². The summed E-state index contributed by atoms with van der Waals surface area (Å²) in [7, 11) is 1.94. The molecule has 2 rings (SSSR count). The number of aryl methyl sites for hydroxylation is 1. The van der Waals surface area contributed by atoms with Gasteiger partial charge in [-0.25, -0.2) is 4.98 Å². The van der Waals surface area contributed by atoms with Crippen molar-refractivity contribution < 1.29 is 0 Å². The Morgan fingerprint density at radius 2 is 2.50 bits per heavy atom. The molecular formula is C10H13N3S. The average Bonchev–Trinajstić information content (AvgIpc) is 2.69. The van der Waals surface area contributed by atoms with E-state index in [1.807, 2.05) is 14.0 Å². The quantitative estimate of drug-likeness (QED) is 0.833. The molecule has 74 valence electrons. The van der Waals surface area contributed by atoms with Crippen molar-refractivity contribution in [2.75, 3.05) is 13.6 Å². The van der Waals surface area contributed by atoms with Gasteiger partial charge in [0.05, 0.1) is 11.4 Å². The van der Waals surface area contributed by atoms with E-state index >= 15 is 0 Å². The van der Waals surface area contributed by atoms with Crippen molar-refractivity contribution in [3.63, 3.8) is 0 Å². The fourth-order valence-electron chi connectivity index (χ4n) is 1.40. The number of thiazole rings is 1. The standard InChI is InChI=1S/C10H13N3S/c1-8-9(4-3-5-11-2)13-6-7-14-10(13)12-8/h3-4,6-7,11H,5H2,1-2H3. The van der Waals surface area contributed by atoms with Crippen LogP contribution in [0.5, 0.6) is 0 Å². The first-order chi connectivity index (χ1) is 6.83. The molecular weight excluding hydrogens is 194 g/mol. The van der Waals surface area contributed by atoms with Crippen LogP contribution in [-0.4, -0.2) is 23.0 Å². The SMILES string of the molecule is CNCC=Cc1c(C)nc2sccn12. The third-order valence-corrected chi connectivity index (χ3v) is 2.84. The molecule has 0 saturated carbocycles. The molecule has 0 aromatic carbocycles. The molecule has 0 aliphatic carbocycles. The lowest BCUT2D eigenvalue weighted by atomic mass is 10.3. The Labute approximate surface area is 87.1 Å². The van der Waals surface area contributed by atoms with Crippen LogP contribution in [-0.2, 0) is 0 Å². The molecule has 0 fully saturated rings. The highest BCUT2D eigenvalue weighted by atomic mass is 32.1. The van der Waals surface area contributed by atoms with Gasteiger partial charge in [0, 0.05) is 18.1 Å². The minimum absolute atomic E-state index is 0.886. The van der Waals surface area contributed by atoms with Crippen molar-refractivity contribution in [2.45, 2.75) is 6.92 Å². The Morgan fingerprint density at radius 1 is 1.64 bits per heavy atom. The number of nitrogens with one attached hydrogen (secondary N) is 1. The highest BCUT2D eigenvalue weighted by Crippen LogP contribution is 2.17. The maximum absolute atomic E-state index is 4.46. The second-order valence-electron chi connectivity index (χ2n) is 3.10. The molecule has 0 saturated heterocycles. The van der Waals surface area contributed by atoms with Crippen LogP contribution in [0.2, 0.25) is 0 Å². The molecule has 0 aliphatic heterocycles. The number of fused-ring (bicyclic) bond motifs is 1. The number of rotatable bonds is 3. The summed E-state index contributed by atoms with van der Waals surface area (Å²) in [4.78, 5) is 5.52. The van der Waals surface area contributed by atoms with Gasteiger partial charge in [0.15, 0.2) is 4.96 Å². The zero-order chi connectivity index (χ0) is 9.97. The fraction of sp³-hybridized carbons (Fsp3) is 0.300. The van der Waals surface area contributed by atoms with Crippen molar-refractivity contribution in [3.8, 4) is 0 Å². The summed E-state index contributed by atoms with van der Waals surface area (Å²) < 4.78 is 2.12. The lowest BCUT2D eigenvalue weighted by Gasteiger charge is -1.92. The maximum atomic E-state index is 4.46. The van der Waals surface area contributed by atoms with E-state index in [1.165, 1.54) is 5.69 Å². The van der Waals surface area contributed by atoms with Crippen LogP contribution in [0, 0.1) is 6.92 Å². The number of aromatic nitrogens is 2. The van der Waals surface area contributed by atoms with E-state index in [-0.39, 0.29) is 0 Å². The van der Waals surface area contributed by atoms with Crippen molar-refractivity contribution in [2.24, 2.45) is 0 Å². The average molecular weight is 207 g/mol. The van der Waals surface area contributed by atoms with Crippen LogP contribution in [0.4, 0.5) is 0 Å². The summed E-state index contributed by atoms with van der Waals surface area (Å²) in [6.07, 6.45) is 6.27. The molecule has 0 bridgehead atoms. The predicted molar refractivity (Wildman–Crippen MR) is 60.8 cm³/mol. The molecule has 14 heavy (non-hydrogen) atoms. The third kappa shape index (κ3) is 1.58. The smallest absolute Gasteiger partial charge is 0.194 e. The molecule has 0 atom stereocenters. The summed E-state index contributed by atoms with van der Waals surface area (Å²) in [6, 6.07) is 0. The summed E-state index contributed by atoms with van der Waals surface area (Å²) in [6.45, 7) is 2.93. The highest BCUT2D eigenvalue weighted by molar-refractivity contribution is 7.15. The van der Waals surface area contributed by atoms with E-state index in [2.05, 4.69) is 38.4 Å². The molecule has 0 amide bonds. The van der Waals surface area contributed by atoms with Gasteiger partial charge in [0.1, 0.15) is 0 Å². The summed E-state index contributed by atoms with van der Waals surface area (Å²) in [5.74, 6) is 0. The Balaban J connectivity index is 2.38. The minimum Gasteiger partial charge on any atom is -0.316 e. The Hall–Kier alpha value is -1.13. The molecule has 2 heterocycles. The number of imidazole rings is 1. The van der Waals surface area contributed by atoms with Gasteiger partial charge in [0.2, 0.25) is 0 Å². The summed E-state index contributed by atoms with van der Waals surface area (Å²) in [5.41, 5.74) is 2.26. The van der Waals surface area contributed by atoms with Gasteiger partial charge in [-0.3, -0.25) is 4.40 Å². The Bertz CT molecular complexity index is 453. The van der Waals surface area contributed by atoms with Crippen LogP contribution < -0.4 is 5.32 Å². The van der Waals surface area contributed by atoms with Gasteiger partial charge < -0.3 is 5.32 Å². The van der Waals surface area contributed by atoms with Crippen molar-refractivity contribution in [3.05, 3.63) is 29.0 Å². The van der Waals surface area contributed by atoms with Crippen LogP contribution in [0.1, 0.15) is 11.4 Å².